The van der Waals surface area contributed by atoms with Gasteiger partial charge in [-0.1, -0.05) is 6.42 Å². The molecular weight excluding hydrogens is 419 g/mol. The van der Waals surface area contributed by atoms with E-state index in [2.05, 4.69) is 30.4 Å². The summed E-state index contributed by atoms with van der Waals surface area (Å²) < 4.78 is 7.57. The topological polar surface area (TPSA) is 80.3 Å². The number of aromatic nitrogens is 3. The summed E-state index contributed by atoms with van der Waals surface area (Å²) in [5.41, 5.74) is 0. The Balaban J connectivity index is 0.00000208. The van der Waals surface area contributed by atoms with Crippen molar-refractivity contribution in [2.45, 2.75) is 45.2 Å². The first-order valence-corrected chi connectivity index (χ1v) is 8.24. The van der Waals surface area contributed by atoms with Gasteiger partial charge in [0.25, 0.3) is 0 Å². The molecule has 7 nitrogen and oxygen atoms in total. The third-order valence-corrected chi connectivity index (χ3v) is 4.07. The van der Waals surface area contributed by atoms with E-state index >= 15 is 0 Å². The van der Waals surface area contributed by atoms with Gasteiger partial charge in [0.1, 0.15) is 11.6 Å². The van der Waals surface area contributed by atoms with Crippen LogP contribution in [0.3, 0.4) is 0 Å². The van der Waals surface area contributed by atoms with Crippen molar-refractivity contribution in [3.05, 3.63) is 35.8 Å². The maximum atomic E-state index is 5.32. The molecular formula is C16H25IN6O. The smallest absolute Gasteiger partial charge is 0.191 e. The largest absolute Gasteiger partial charge is 0.469 e. The first-order valence-electron chi connectivity index (χ1n) is 8.24. The van der Waals surface area contributed by atoms with Crippen LogP contribution in [0, 0.1) is 0 Å². The lowest BCUT2D eigenvalue weighted by atomic mass is 10.2. The third-order valence-electron chi connectivity index (χ3n) is 4.07. The van der Waals surface area contributed by atoms with E-state index in [0.717, 1.165) is 49.3 Å². The van der Waals surface area contributed by atoms with Gasteiger partial charge in [-0.05, 0) is 25.0 Å². The molecule has 0 spiro atoms. The highest BCUT2D eigenvalue weighted by Crippen LogP contribution is 2.14. The SMILES string of the molecule is CN=C(NCCc1ccco1)NCc1nnc2n1CCCCC2.I. The fourth-order valence-electron chi connectivity index (χ4n) is 2.82. The summed E-state index contributed by atoms with van der Waals surface area (Å²) in [6.45, 7) is 2.42. The van der Waals surface area contributed by atoms with E-state index in [1.54, 1.807) is 13.3 Å². The van der Waals surface area contributed by atoms with Crippen molar-refractivity contribution in [2.24, 2.45) is 4.99 Å². The van der Waals surface area contributed by atoms with Crippen LogP contribution in [0.4, 0.5) is 0 Å². The van der Waals surface area contributed by atoms with E-state index < -0.39 is 0 Å². The Bertz CT molecular complexity index is 637. The molecule has 0 saturated heterocycles. The van der Waals surface area contributed by atoms with Gasteiger partial charge < -0.3 is 19.6 Å². The predicted octanol–water partition coefficient (Wildman–Crippen LogP) is 2.12. The van der Waals surface area contributed by atoms with E-state index in [1.807, 2.05) is 12.1 Å². The number of nitrogens with zero attached hydrogens (tertiary/aromatic N) is 4. The average Bonchev–Trinajstić information content (AvgIpc) is 3.15. The molecule has 24 heavy (non-hydrogen) atoms. The quantitative estimate of drug-likeness (QED) is 0.420. The molecule has 0 bridgehead atoms. The van der Waals surface area contributed by atoms with Crippen LogP contribution in [0.1, 0.15) is 36.7 Å². The molecule has 2 aromatic rings. The number of rotatable bonds is 5. The second-order valence-corrected chi connectivity index (χ2v) is 5.68. The second kappa shape index (κ2) is 9.65. The van der Waals surface area contributed by atoms with Crippen LogP contribution in [-0.2, 0) is 25.9 Å². The Morgan fingerprint density at radius 3 is 3.00 bits per heavy atom. The van der Waals surface area contributed by atoms with Crippen molar-refractivity contribution < 1.29 is 4.42 Å². The molecule has 0 amide bonds. The predicted molar refractivity (Wildman–Crippen MR) is 104 cm³/mol. The number of fused-ring (bicyclic) bond motifs is 1. The average molecular weight is 444 g/mol. The molecule has 0 aromatic carbocycles. The molecule has 3 rings (SSSR count). The van der Waals surface area contributed by atoms with Gasteiger partial charge in [0, 0.05) is 33.0 Å². The monoisotopic (exact) mass is 444 g/mol. The maximum Gasteiger partial charge on any atom is 0.191 e. The van der Waals surface area contributed by atoms with Crippen molar-refractivity contribution in [3.8, 4) is 0 Å². The third kappa shape index (κ3) is 4.96. The molecule has 0 aliphatic carbocycles. The van der Waals surface area contributed by atoms with Gasteiger partial charge in [0.05, 0.1) is 12.8 Å². The molecule has 0 fully saturated rings. The first-order chi connectivity index (χ1) is 11.4. The van der Waals surface area contributed by atoms with E-state index in [0.29, 0.717) is 6.54 Å². The van der Waals surface area contributed by atoms with Crippen molar-refractivity contribution in [3.63, 3.8) is 0 Å². The standard InChI is InChI=1S/C16H24N6O.HI/c1-17-16(18-9-8-13-6-5-11-23-13)19-12-15-21-20-14-7-3-2-4-10-22(14)15;/h5-6,11H,2-4,7-10,12H2,1H3,(H2,17,18,19);1H. The molecule has 8 heteroatoms. The lowest BCUT2D eigenvalue weighted by Gasteiger charge is -2.12. The molecule has 0 atom stereocenters. The summed E-state index contributed by atoms with van der Waals surface area (Å²) in [4.78, 5) is 4.24. The Morgan fingerprint density at radius 1 is 1.29 bits per heavy atom. The van der Waals surface area contributed by atoms with E-state index in [9.17, 15) is 0 Å². The van der Waals surface area contributed by atoms with Gasteiger partial charge in [-0.3, -0.25) is 4.99 Å². The Morgan fingerprint density at radius 2 is 2.21 bits per heavy atom. The summed E-state index contributed by atoms with van der Waals surface area (Å²) in [6, 6.07) is 3.88. The summed E-state index contributed by atoms with van der Waals surface area (Å²) in [5, 5.41) is 15.2. The van der Waals surface area contributed by atoms with Gasteiger partial charge >= 0.3 is 0 Å². The highest BCUT2D eigenvalue weighted by Gasteiger charge is 2.14. The number of furan rings is 1. The minimum absolute atomic E-state index is 0. The van der Waals surface area contributed by atoms with Gasteiger partial charge in [0.15, 0.2) is 11.8 Å². The van der Waals surface area contributed by atoms with Crippen molar-refractivity contribution in [1.82, 2.24) is 25.4 Å². The summed E-state index contributed by atoms with van der Waals surface area (Å²) in [7, 11) is 1.77. The van der Waals surface area contributed by atoms with E-state index in [-0.39, 0.29) is 24.0 Å². The molecule has 3 heterocycles. The lowest BCUT2D eigenvalue weighted by molar-refractivity contribution is 0.506. The summed E-state index contributed by atoms with van der Waals surface area (Å²) in [5.74, 6) is 3.83. The zero-order chi connectivity index (χ0) is 15.9. The van der Waals surface area contributed by atoms with Crippen LogP contribution in [0.2, 0.25) is 0 Å². The summed E-state index contributed by atoms with van der Waals surface area (Å²) >= 11 is 0. The first kappa shape index (κ1) is 18.8. The highest BCUT2D eigenvalue weighted by atomic mass is 127. The minimum Gasteiger partial charge on any atom is -0.469 e. The van der Waals surface area contributed by atoms with Crippen molar-refractivity contribution in [1.29, 1.82) is 0 Å². The molecule has 0 unspecified atom stereocenters. The number of halogens is 1. The highest BCUT2D eigenvalue weighted by molar-refractivity contribution is 14.0. The van der Waals surface area contributed by atoms with Crippen LogP contribution < -0.4 is 10.6 Å². The molecule has 1 aliphatic rings. The number of guanidine groups is 1. The molecule has 0 radical (unpaired) electrons. The normalized spacial score (nSPS) is 14.5. The molecule has 2 N–H and O–H groups in total. The molecule has 1 aliphatic heterocycles. The Labute approximate surface area is 159 Å². The number of hydrogen-bond donors (Lipinski definition) is 2. The Kier molecular flexibility index (Phi) is 7.54. The van der Waals surface area contributed by atoms with E-state index in [4.69, 9.17) is 4.42 Å². The van der Waals surface area contributed by atoms with Crippen LogP contribution in [0.5, 0.6) is 0 Å². The molecule has 2 aromatic heterocycles. The zero-order valence-corrected chi connectivity index (χ0v) is 16.3. The van der Waals surface area contributed by atoms with Gasteiger partial charge in [-0.15, -0.1) is 34.2 Å². The summed E-state index contributed by atoms with van der Waals surface area (Å²) in [6.07, 6.45) is 7.23. The number of aryl methyl sites for hydroxylation is 1. The van der Waals surface area contributed by atoms with Crippen molar-refractivity contribution >= 4 is 29.9 Å². The second-order valence-electron chi connectivity index (χ2n) is 5.68. The zero-order valence-electron chi connectivity index (χ0n) is 14.0. The number of hydrogen-bond acceptors (Lipinski definition) is 4. The van der Waals surface area contributed by atoms with Crippen molar-refractivity contribution in [2.75, 3.05) is 13.6 Å². The van der Waals surface area contributed by atoms with Crippen LogP contribution in [0.25, 0.3) is 0 Å². The van der Waals surface area contributed by atoms with Crippen LogP contribution in [0.15, 0.2) is 27.8 Å². The van der Waals surface area contributed by atoms with Gasteiger partial charge in [0.2, 0.25) is 0 Å². The minimum atomic E-state index is 0. The molecule has 0 saturated carbocycles. The lowest BCUT2D eigenvalue weighted by Crippen LogP contribution is -2.38. The van der Waals surface area contributed by atoms with Crippen LogP contribution in [-0.4, -0.2) is 34.3 Å². The molecule has 132 valence electrons. The Hall–Kier alpha value is -1.58. The van der Waals surface area contributed by atoms with Gasteiger partial charge in [-0.25, -0.2) is 0 Å². The van der Waals surface area contributed by atoms with Gasteiger partial charge in [-0.2, -0.15) is 0 Å². The number of nitrogens with one attached hydrogen (secondary N) is 2. The van der Waals surface area contributed by atoms with Crippen LogP contribution >= 0.6 is 24.0 Å². The number of aliphatic imine (C=N–C) groups is 1. The fourth-order valence-corrected chi connectivity index (χ4v) is 2.82. The van der Waals surface area contributed by atoms with E-state index in [1.165, 1.54) is 19.3 Å². The fraction of sp³-hybridized carbons (Fsp3) is 0.562. The maximum absolute atomic E-state index is 5.32.